The topological polar surface area (TPSA) is 71.8 Å². The van der Waals surface area contributed by atoms with Crippen LogP contribution in [-0.4, -0.2) is 35.4 Å². The summed E-state index contributed by atoms with van der Waals surface area (Å²) >= 11 is 0. The van der Waals surface area contributed by atoms with Gasteiger partial charge in [-0.1, -0.05) is 54.6 Å². The number of rotatable bonds is 12. The van der Waals surface area contributed by atoms with Crippen molar-refractivity contribution in [3.8, 4) is 5.75 Å². The Morgan fingerprint density at radius 2 is 1.45 bits per heavy atom. The fraction of sp³-hybridized carbons (Fsp3) is 0.194. The molecule has 7 nitrogen and oxygen atoms in total. The molecule has 40 heavy (non-hydrogen) atoms. The molecule has 0 N–H and O–H groups in total. The van der Waals surface area contributed by atoms with E-state index >= 15 is 0 Å². The lowest BCUT2D eigenvalue weighted by atomic mass is 10.1. The first kappa shape index (κ1) is 28.4. The van der Waals surface area contributed by atoms with Crippen LogP contribution in [0.5, 0.6) is 5.75 Å². The van der Waals surface area contributed by atoms with Crippen LogP contribution in [0.4, 0.5) is 8.78 Å². The molecule has 9 heteroatoms. The number of benzene rings is 3. The molecule has 0 aliphatic rings. The van der Waals surface area contributed by atoms with Crippen molar-refractivity contribution in [2.24, 2.45) is 0 Å². The van der Waals surface area contributed by atoms with Crippen molar-refractivity contribution in [2.45, 2.75) is 26.6 Å². The molecule has 0 amide bonds. The zero-order valence-corrected chi connectivity index (χ0v) is 22.2. The molecule has 4 rings (SSSR count). The number of pyridine rings is 1. The smallest absolute Gasteiger partial charge is 0.235 e. The summed E-state index contributed by atoms with van der Waals surface area (Å²) in [6.07, 6.45) is 1.85. The van der Waals surface area contributed by atoms with E-state index in [0.29, 0.717) is 12.8 Å². The maximum atomic E-state index is 13.6. The van der Waals surface area contributed by atoms with E-state index in [-0.39, 0.29) is 42.6 Å². The highest BCUT2D eigenvalue weighted by Crippen LogP contribution is 2.19. The van der Waals surface area contributed by atoms with E-state index in [0.717, 1.165) is 16.7 Å². The average Bonchev–Trinajstić information content (AvgIpc) is 2.94. The van der Waals surface area contributed by atoms with Gasteiger partial charge < -0.3 is 4.74 Å². The fourth-order valence-corrected chi connectivity index (χ4v) is 4.28. The van der Waals surface area contributed by atoms with Gasteiger partial charge in [0.05, 0.1) is 18.8 Å². The standard InChI is InChI=1S/C31H29F2N3O4/c1-22(38)28-18-36(29(19-37)31(30(28)39)40-20-25-6-4-3-5-7-25)35(17-24-10-14-27(33)15-11-24)21-34(2)16-23-8-12-26(32)13-9-23/h3-15,18-19H,16-17,20-21H2,1-2H3. The first-order chi connectivity index (χ1) is 19.2. The van der Waals surface area contributed by atoms with Gasteiger partial charge in [-0.25, -0.2) is 8.78 Å². The highest BCUT2D eigenvalue weighted by Gasteiger charge is 2.23. The Bertz CT molecular complexity index is 1520. The number of Topliss-reactive ketones (excluding diaryl/α,β-unsaturated/α-hetero) is 1. The number of aromatic nitrogens is 1. The lowest BCUT2D eigenvalue weighted by molar-refractivity contribution is 0.101. The van der Waals surface area contributed by atoms with Gasteiger partial charge in [-0.15, -0.1) is 0 Å². The highest BCUT2D eigenvalue weighted by molar-refractivity contribution is 5.95. The van der Waals surface area contributed by atoms with Crippen LogP contribution in [0.25, 0.3) is 0 Å². The molecular weight excluding hydrogens is 516 g/mol. The molecule has 0 aliphatic heterocycles. The fourth-order valence-electron chi connectivity index (χ4n) is 4.28. The van der Waals surface area contributed by atoms with E-state index in [1.165, 1.54) is 42.1 Å². The third kappa shape index (κ3) is 7.06. The van der Waals surface area contributed by atoms with Crippen molar-refractivity contribution in [1.29, 1.82) is 0 Å². The minimum Gasteiger partial charge on any atom is -0.483 e. The Morgan fingerprint density at radius 3 is 2.00 bits per heavy atom. The summed E-state index contributed by atoms with van der Waals surface area (Å²) in [5.74, 6) is -1.46. The van der Waals surface area contributed by atoms with E-state index in [1.54, 1.807) is 29.3 Å². The molecule has 0 saturated heterocycles. The number of aldehydes is 1. The first-order valence-corrected chi connectivity index (χ1v) is 12.6. The summed E-state index contributed by atoms with van der Waals surface area (Å²) in [6.45, 7) is 2.14. The summed E-state index contributed by atoms with van der Waals surface area (Å²) in [5, 5.41) is 1.74. The van der Waals surface area contributed by atoms with Crippen molar-refractivity contribution in [3.63, 3.8) is 0 Å². The summed E-state index contributed by atoms with van der Waals surface area (Å²) < 4.78 is 34.3. The predicted molar refractivity (Wildman–Crippen MR) is 148 cm³/mol. The van der Waals surface area contributed by atoms with Gasteiger partial charge in [-0.2, -0.15) is 0 Å². The maximum absolute atomic E-state index is 13.6. The number of ether oxygens (including phenoxy) is 1. The normalized spacial score (nSPS) is 10.9. The second kappa shape index (κ2) is 12.9. The minimum absolute atomic E-state index is 0.0146. The maximum Gasteiger partial charge on any atom is 0.235 e. The zero-order chi connectivity index (χ0) is 28.6. The number of carbonyl (C=O) groups excluding carboxylic acids is 2. The number of halogens is 2. The average molecular weight is 546 g/mol. The van der Waals surface area contributed by atoms with Gasteiger partial charge in [0.1, 0.15) is 23.9 Å². The lowest BCUT2D eigenvalue weighted by Gasteiger charge is -2.33. The molecule has 0 fully saturated rings. The van der Waals surface area contributed by atoms with E-state index in [2.05, 4.69) is 0 Å². The second-order valence-corrected chi connectivity index (χ2v) is 9.45. The van der Waals surface area contributed by atoms with Crippen LogP contribution in [0.1, 0.15) is 44.5 Å². The number of hydrogen-bond acceptors (Lipinski definition) is 6. The Hall–Kier alpha value is -4.63. The summed E-state index contributed by atoms with van der Waals surface area (Å²) in [4.78, 5) is 40.1. The van der Waals surface area contributed by atoms with E-state index in [1.807, 2.05) is 42.3 Å². The molecule has 0 unspecified atom stereocenters. The zero-order valence-electron chi connectivity index (χ0n) is 22.2. The molecule has 1 heterocycles. The van der Waals surface area contributed by atoms with Crippen LogP contribution in [0.15, 0.2) is 89.9 Å². The minimum atomic E-state index is -0.678. The largest absolute Gasteiger partial charge is 0.483 e. The van der Waals surface area contributed by atoms with Crippen molar-refractivity contribution < 1.29 is 23.1 Å². The van der Waals surface area contributed by atoms with E-state index in [4.69, 9.17) is 4.74 Å². The van der Waals surface area contributed by atoms with Crippen molar-refractivity contribution in [1.82, 2.24) is 9.58 Å². The molecular formula is C31H29F2N3O4. The predicted octanol–water partition coefficient (Wildman–Crippen LogP) is 4.95. The van der Waals surface area contributed by atoms with Gasteiger partial charge >= 0.3 is 0 Å². The molecule has 0 radical (unpaired) electrons. The third-order valence-corrected chi connectivity index (χ3v) is 6.25. The van der Waals surface area contributed by atoms with Gasteiger partial charge in [-0.05, 0) is 54.9 Å². The molecule has 3 aromatic carbocycles. The Balaban J connectivity index is 1.76. The van der Waals surface area contributed by atoms with Crippen LogP contribution >= 0.6 is 0 Å². The van der Waals surface area contributed by atoms with Crippen LogP contribution in [0.3, 0.4) is 0 Å². The highest BCUT2D eigenvalue weighted by atomic mass is 19.1. The van der Waals surface area contributed by atoms with Crippen molar-refractivity contribution in [3.05, 3.63) is 135 Å². The Morgan fingerprint density at radius 1 is 0.875 bits per heavy atom. The number of hydrogen-bond donors (Lipinski definition) is 0. The monoisotopic (exact) mass is 545 g/mol. The number of nitrogens with zero attached hydrogens (tertiary/aromatic N) is 3. The van der Waals surface area contributed by atoms with Gasteiger partial charge in [0, 0.05) is 12.7 Å². The van der Waals surface area contributed by atoms with Gasteiger partial charge in [0.25, 0.3) is 0 Å². The Kier molecular flexibility index (Phi) is 9.19. The van der Waals surface area contributed by atoms with Crippen molar-refractivity contribution >= 4 is 12.1 Å². The number of carbonyl (C=O) groups is 2. The lowest BCUT2D eigenvalue weighted by Crippen LogP contribution is -2.44. The van der Waals surface area contributed by atoms with Gasteiger partial charge in [0.2, 0.25) is 5.43 Å². The molecule has 0 atom stereocenters. The van der Waals surface area contributed by atoms with E-state index in [9.17, 15) is 23.2 Å². The summed E-state index contributed by atoms with van der Waals surface area (Å²) in [6, 6.07) is 21.1. The van der Waals surface area contributed by atoms with Gasteiger partial charge in [0.15, 0.2) is 17.8 Å². The molecule has 0 saturated carbocycles. The van der Waals surface area contributed by atoms with Crippen LogP contribution in [-0.2, 0) is 19.7 Å². The summed E-state index contributed by atoms with van der Waals surface area (Å²) in [7, 11) is 1.84. The third-order valence-electron chi connectivity index (χ3n) is 6.25. The van der Waals surface area contributed by atoms with E-state index < -0.39 is 17.0 Å². The summed E-state index contributed by atoms with van der Waals surface area (Å²) in [5.41, 5.74) is 1.48. The van der Waals surface area contributed by atoms with Crippen LogP contribution < -0.4 is 15.2 Å². The molecule has 206 valence electrons. The first-order valence-electron chi connectivity index (χ1n) is 12.6. The molecule has 0 aliphatic carbocycles. The SMILES string of the molecule is CC(=O)c1cn(N(Cc2ccc(F)cc2)CN(C)Cc2ccc(F)cc2)c(C=O)c(OCc2ccccc2)c1=O. The Labute approximate surface area is 230 Å². The second-order valence-electron chi connectivity index (χ2n) is 9.45. The van der Waals surface area contributed by atoms with Crippen molar-refractivity contribution in [2.75, 3.05) is 18.7 Å². The number of ketones is 1. The molecule has 1 aromatic heterocycles. The molecule has 0 bridgehead atoms. The van der Waals surface area contributed by atoms with Crippen LogP contribution in [0, 0.1) is 11.6 Å². The molecule has 0 spiro atoms. The van der Waals surface area contributed by atoms with Crippen LogP contribution in [0.2, 0.25) is 0 Å². The molecule has 4 aromatic rings. The van der Waals surface area contributed by atoms with Gasteiger partial charge in [-0.3, -0.25) is 29.0 Å². The quantitative estimate of drug-likeness (QED) is 0.143.